The Morgan fingerprint density at radius 1 is 1.00 bits per heavy atom. The summed E-state index contributed by atoms with van der Waals surface area (Å²) in [6.45, 7) is 3.50. The Kier molecular flexibility index (Phi) is 5.94. The summed E-state index contributed by atoms with van der Waals surface area (Å²) in [5, 5.41) is 3.45. The van der Waals surface area contributed by atoms with Gasteiger partial charge in [-0.3, -0.25) is 4.79 Å². The summed E-state index contributed by atoms with van der Waals surface area (Å²) >= 11 is 7.21. The van der Waals surface area contributed by atoms with E-state index in [1.807, 2.05) is 50.2 Å². The summed E-state index contributed by atoms with van der Waals surface area (Å²) in [4.78, 5) is 25.7. The topological polar surface area (TPSA) is 55.4 Å². The van der Waals surface area contributed by atoms with Crippen LogP contribution in [0.2, 0.25) is 5.02 Å². The Morgan fingerprint density at radius 2 is 1.67 bits per heavy atom. The van der Waals surface area contributed by atoms with Gasteiger partial charge in [-0.25, -0.2) is 4.79 Å². The minimum Gasteiger partial charge on any atom is -0.451 e. The molecule has 0 bridgehead atoms. The maximum atomic E-state index is 12.2. The second kappa shape index (κ2) is 8.37. The molecule has 0 spiro atoms. The van der Waals surface area contributed by atoms with Crippen molar-refractivity contribution in [2.45, 2.75) is 13.8 Å². The van der Waals surface area contributed by atoms with Gasteiger partial charge in [0.1, 0.15) is 4.88 Å². The average molecular weight is 400 g/mol. The molecule has 0 saturated carbocycles. The van der Waals surface area contributed by atoms with Crippen LogP contribution in [0.4, 0.5) is 5.69 Å². The predicted octanol–water partition coefficient (Wildman–Crippen LogP) is 5.48. The third kappa shape index (κ3) is 4.76. The van der Waals surface area contributed by atoms with E-state index in [2.05, 4.69) is 5.32 Å². The summed E-state index contributed by atoms with van der Waals surface area (Å²) in [6, 6.07) is 16.7. The first kappa shape index (κ1) is 19.1. The number of hydrogen-bond donors (Lipinski definition) is 1. The molecule has 0 radical (unpaired) electrons. The van der Waals surface area contributed by atoms with Crippen molar-refractivity contribution < 1.29 is 14.3 Å². The molecule has 1 aromatic heterocycles. The quantitative estimate of drug-likeness (QED) is 0.578. The number of hydrogen-bond acceptors (Lipinski definition) is 4. The highest BCUT2D eigenvalue weighted by atomic mass is 35.5. The van der Waals surface area contributed by atoms with E-state index in [0.717, 1.165) is 27.3 Å². The third-order valence-corrected chi connectivity index (χ3v) is 5.38. The number of anilines is 1. The fourth-order valence-corrected chi connectivity index (χ4v) is 3.64. The number of thiophene rings is 1. The first-order valence-corrected chi connectivity index (χ1v) is 9.52. The molecule has 0 aliphatic heterocycles. The van der Waals surface area contributed by atoms with Gasteiger partial charge in [0, 0.05) is 15.6 Å². The lowest BCUT2D eigenvalue weighted by Crippen LogP contribution is -2.21. The fourth-order valence-electron chi connectivity index (χ4n) is 2.61. The monoisotopic (exact) mass is 399 g/mol. The van der Waals surface area contributed by atoms with E-state index in [-0.39, 0.29) is 12.5 Å². The lowest BCUT2D eigenvalue weighted by Gasteiger charge is -2.11. The smallest absolute Gasteiger partial charge is 0.348 e. The van der Waals surface area contributed by atoms with Crippen molar-refractivity contribution in [1.29, 1.82) is 0 Å². The van der Waals surface area contributed by atoms with Crippen LogP contribution >= 0.6 is 22.9 Å². The molecule has 3 rings (SSSR count). The van der Waals surface area contributed by atoms with Crippen LogP contribution < -0.4 is 5.32 Å². The standard InChI is InChI=1S/C21H18ClNO3S/c1-13-4-3-5-14(2)20(13)23-19(24)12-26-21(25)18-11-10-17(27-18)15-6-8-16(22)9-7-15/h3-11H,12H2,1-2H3,(H,23,24). The summed E-state index contributed by atoms with van der Waals surface area (Å²) < 4.78 is 5.15. The molecule has 0 unspecified atom stereocenters. The van der Waals surface area contributed by atoms with Gasteiger partial charge in [0.25, 0.3) is 5.91 Å². The van der Waals surface area contributed by atoms with Crippen LogP contribution in [-0.4, -0.2) is 18.5 Å². The number of aryl methyl sites for hydroxylation is 2. The second-order valence-corrected chi connectivity index (χ2v) is 7.58. The maximum absolute atomic E-state index is 12.2. The van der Waals surface area contributed by atoms with Crippen LogP contribution in [0, 0.1) is 13.8 Å². The Morgan fingerprint density at radius 3 is 2.33 bits per heavy atom. The van der Waals surface area contributed by atoms with Crippen molar-refractivity contribution in [3.05, 3.63) is 75.6 Å². The van der Waals surface area contributed by atoms with E-state index in [1.165, 1.54) is 11.3 Å². The van der Waals surface area contributed by atoms with Crippen molar-refractivity contribution in [2.24, 2.45) is 0 Å². The van der Waals surface area contributed by atoms with Gasteiger partial charge in [0.2, 0.25) is 0 Å². The molecule has 1 amide bonds. The number of nitrogens with one attached hydrogen (secondary N) is 1. The number of benzene rings is 2. The molecule has 4 nitrogen and oxygen atoms in total. The number of carbonyl (C=O) groups is 2. The number of ether oxygens (including phenoxy) is 1. The lowest BCUT2D eigenvalue weighted by atomic mass is 10.1. The van der Waals surface area contributed by atoms with Crippen molar-refractivity contribution in [3.8, 4) is 10.4 Å². The largest absolute Gasteiger partial charge is 0.451 e. The molecule has 0 aliphatic rings. The number of amides is 1. The summed E-state index contributed by atoms with van der Waals surface area (Å²) in [6.07, 6.45) is 0. The summed E-state index contributed by atoms with van der Waals surface area (Å²) in [7, 11) is 0. The van der Waals surface area contributed by atoms with Gasteiger partial charge in [0.15, 0.2) is 6.61 Å². The Bertz CT molecular complexity index is 959. The van der Waals surface area contributed by atoms with Gasteiger partial charge in [0.05, 0.1) is 0 Å². The van der Waals surface area contributed by atoms with E-state index in [0.29, 0.717) is 9.90 Å². The number of para-hydroxylation sites is 1. The van der Waals surface area contributed by atoms with Gasteiger partial charge in [-0.1, -0.05) is 41.9 Å². The molecule has 0 saturated heterocycles. The molecule has 2 aromatic carbocycles. The van der Waals surface area contributed by atoms with E-state index in [9.17, 15) is 9.59 Å². The molecule has 0 aliphatic carbocycles. The number of esters is 1. The van der Waals surface area contributed by atoms with E-state index in [1.54, 1.807) is 18.2 Å². The first-order valence-electron chi connectivity index (χ1n) is 8.33. The molecule has 6 heteroatoms. The summed E-state index contributed by atoms with van der Waals surface area (Å²) in [5.41, 5.74) is 3.64. The van der Waals surface area contributed by atoms with E-state index in [4.69, 9.17) is 16.3 Å². The van der Waals surface area contributed by atoms with Crippen LogP contribution in [0.3, 0.4) is 0 Å². The Hall–Kier alpha value is -2.63. The van der Waals surface area contributed by atoms with Crippen LogP contribution in [-0.2, 0) is 9.53 Å². The molecular formula is C21H18ClNO3S. The predicted molar refractivity (Wildman–Crippen MR) is 110 cm³/mol. The zero-order valence-corrected chi connectivity index (χ0v) is 16.5. The van der Waals surface area contributed by atoms with Crippen molar-refractivity contribution in [1.82, 2.24) is 0 Å². The number of carbonyl (C=O) groups excluding carboxylic acids is 2. The number of halogens is 1. The molecule has 1 heterocycles. The van der Waals surface area contributed by atoms with Gasteiger partial charge in [-0.15, -0.1) is 11.3 Å². The SMILES string of the molecule is Cc1cccc(C)c1NC(=O)COC(=O)c1ccc(-c2ccc(Cl)cc2)s1. The Labute approximate surface area is 166 Å². The van der Waals surface area contributed by atoms with Gasteiger partial charge < -0.3 is 10.1 Å². The van der Waals surface area contributed by atoms with Crippen LogP contribution in [0.1, 0.15) is 20.8 Å². The van der Waals surface area contributed by atoms with E-state index < -0.39 is 5.97 Å². The van der Waals surface area contributed by atoms with Gasteiger partial charge in [-0.05, 0) is 54.8 Å². The minimum absolute atomic E-state index is 0.333. The van der Waals surface area contributed by atoms with Crippen LogP contribution in [0.25, 0.3) is 10.4 Å². The third-order valence-electron chi connectivity index (χ3n) is 4.02. The van der Waals surface area contributed by atoms with E-state index >= 15 is 0 Å². The first-order chi connectivity index (χ1) is 12.9. The maximum Gasteiger partial charge on any atom is 0.348 e. The van der Waals surface area contributed by atoms with Gasteiger partial charge in [-0.2, -0.15) is 0 Å². The zero-order valence-electron chi connectivity index (χ0n) is 14.9. The fraction of sp³-hybridized carbons (Fsp3) is 0.143. The molecule has 138 valence electrons. The highest BCUT2D eigenvalue weighted by Gasteiger charge is 2.14. The average Bonchev–Trinajstić information content (AvgIpc) is 3.14. The van der Waals surface area contributed by atoms with Gasteiger partial charge >= 0.3 is 5.97 Å². The highest BCUT2D eigenvalue weighted by molar-refractivity contribution is 7.17. The normalized spacial score (nSPS) is 10.5. The molecule has 27 heavy (non-hydrogen) atoms. The second-order valence-electron chi connectivity index (χ2n) is 6.06. The molecule has 0 fully saturated rings. The molecule has 0 atom stereocenters. The van der Waals surface area contributed by atoms with Crippen molar-refractivity contribution in [3.63, 3.8) is 0 Å². The number of rotatable bonds is 5. The lowest BCUT2D eigenvalue weighted by molar-refractivity contribution is -0.119. The molecular weight excluding hydrogens is 382 g/mol. The van der Waals surface area contributed by atoms with Crippen molar-refractivity contribution >= 4 is 40.5 Å². The van der Waals surface area contributed by atoms with Crippen LogP contribution in [0.5, 0.6) is 0 Å². The highest BCUT2D eigenvalue weighted by Crippen LogP contribution is 2.29. The summed E-state index contributed by atoms with van der Waals surface area (Å²) in [5.74, 6) is -0.882. The Balaban J connectivity index is 1.59. The van der Waals surface area contributed by atoms with Crippen LogP contribution in [0.15, 0.2) is 54.6 Å². The zero-order chi connectivity index (χ0) is 19.4. The molecule has 3 aromatic rings. The van der Waals surface area contributed by atoms with Crippen molar-refractivity contribution in [2.75, 3.05) is 11.9 Å². The molecule has 1 N–H and O–H groups in total. The minimum atomic E-state index is -0.517.